The van der Waals surface area contributed by atoms with Gasteiger partial charge in [0.2, 0.25) is 0 Å². The molecule has 21 heavy (non-hydrogen) atoms. The van der Waals surface area contributed by atoms with Gasteiger partial charge in [0.05, 0.1) is 16.6 Å². The van der Waals surface area contributed by atoms with Crippen molar-refractivity contribution in [3.8, 4) is 0 Å². The number of anilines is 1. The Kier molecular flexibility index (Phi) is 4.91. The number of hydrogen-bond acceptors (Lipinski definition) is 3. The van der Waals surface area contributed by atoms with Gasteiger partial charge in [-0.25, -0.2) is 0 Å². The minimum Gasteiger partial charge on any atom is -0.378 e. The number of nitrogens with one attached hydrogen (secondary N) is 1. The highest BCUT2D eigenvalue weighted by Crippen LogP contribution is 2.28. The molecule has 2 aromatic rings. The summed E-state index contributed by atoms with van der Waals surface area (Å²) < 4.78 is 0. The van der Waals surface area contributed by atoms with Crippen molar-refractivity contribution in [3.05, 3.63) is 50.7 Å². The zero-order valence-electron chi connectivity index (χ0n) is 12.6. The van der Waals surface area contributed by atoms with Crippen molar-refractivity contribution in [2.75, 3.05) is 19.4 Å². The molecule has 0 aliphatic rings. The first-order chi connectivity index (χ1) is 9.88. The van der Waals surface area contributed by atoms with E-state index < -0.39 is 0 Å². The number of amides is 1. The Bertz CT molecular complexity index is 651. The van der Waals surface area contributed by atoms with Crippen molar-refractivity contribution in [1.29, 1.82) is 0 Å². The summed E-state index contributed by atoms with van der Waals surface area (Å²) in [5.74, 6) is -0.0942. The highest BCUT2D eigenvalue weighted by atomic mass is 35.5. The van der Waals surface area contributed by atoms with Gasteiger partial charge in [0.1, 0.15) is 0 Å². The van der Waals surface area contributed by atoms with Gasteiger partial charge in [-0.1, -0.05) is 11.6 Å². The molecule has 0 spiro atoms. The third-order valence-corrected chi connectivity index (χ3v) is 4.69. The number of halogens is 1. The maximum absolute atomic E-state index is 12.1. The zero-order valence-corrected chi connectivity index (χ0v) is 14.2. The molecule has 1 aromatic carbocycles. The third kappa shape index (κ3) is 3.77. The minimum absolute atomic E-state index is 0.0942. The summed E-state index contributed by atoms with van der Waals surface area (Å²) in [7, 11) is 3.44. The van der Waals surface area contributed by atoms with Crippen molar-refractivity contribution in [2.45, 2.75) is 19.9 Å². The predicted molar refractivity (Wildman–Crippen MR) is 90.6 cm³/mol. The van der Waals surface area contributed by atoms with E-state index >= 15 is 0 Å². The first-order valence-electron chi connectivity index (χ1n) is 6.72. The SMILES string of the molecule is Cc1ccc(C(C)Nc2ccc(Cl)c(C(=O)N(C)C)c2)s1. The molecule has 1 atom stereocenters. The van der Waals surface area contributed by atoms with Crippen LogP contribution in [0.15, 0.2) is 30.3 Å². The number of nitrogens with zero attached hydrogens (tertiary/aromatic N) is 1. The molecular formula is C16H19ClN2OS. The Morgan fingerprint density at radius 2 is 2.00 bits per heavy atom. The van der Waals surface area contributed by atoms with Gasteiger partial charge in [-0.15, -0.1) is 11.3 Å². The van der Waals surface area contributed by atoms with Gasteiger partial charge in [0.15, 0.2) is 0 Å². The molecule has 1 aromatic heterocycles. The molecule has 0 aliphatic heterocycles. The van der Waals surface area contributed by atoms with Crippen LogP contribution < -0.4 is 5.32 Å². The summed E-state index contributed by atoms with van der Waals surface area (Å²) in [4.78, 5) is 16.2. The molecule has 2 rings (SSSR count). The van der Waals surface area contributed by atoms with Gasteiger partial charge >= 0.3 is 0 Å². The molecule has 112 valence electrons. The molecule has 0 saturated carbocycles. The number of hydrogen-bond donors (Lipinski definition) is 1. The van der Waals surface area contributed by atoms with Crippen LogP contribution in [-0.2, 0) is 0 Å². The van der Waals surface area contributed by atoms with Crippen LogP contribution in [0.3, 0.4) is 0 Å². The lowest BCUT2D eigenvalue weighted by Gasteiger charge is -2.16. The van der Waals surface area contributed by atoms with Gasteiger partial charge in [-0.2, -0.15) is 0 Å². The lowest BCUT2D eigenvalue weighted by Crippen LogP contribution is -2.22. The van der Waals surface area contributed by atoms with Crippen molar-refractivity contribution in [1.82, 2.24) is 4.90 Å². The van der Waals surface area contributed by atoms with E-state index in [0.29, 0.717) is 10.6 Å². The molecule has 1 N–H and O–H groups in total. The van der Waals surface area contributed by atoms with Gasteiger partial charge in [-0.05, 0) is 44.2 Å². The van der Waals surface area contributed by atoms with E-state index in [1.54, 1.807) is 31.5 Å². The molecule has 0 saturated heterocycles. The lowest BCUT2D eigenvalue weighted by atomic mass is 10.1. The fraction of sp³-hybridized carbons (Fsp3) is 0.312. The Balaban J connectivity index is 2.21. The van der Waals surface area contributed by atoms with Gasteiger partial charge in [0, 0.05) is 29.5 Å². The maximum atomic E-state index is 12.1. The average Bonchev–Trinajstić information content (AvgIpc) is 2.86. The molecule has 0 aliphatic carbocycles. The van der Waals surface area contributed by atoms with E-state index in [1.807, 2.05) is 12.1 Å². The summed E-state index contributed by atoms with van der Waals surface area (Å²) in [6.45, 7) is 4.20. The van der Waals surface area contributed by atoms with Crippen molar-refractivity contribution >= 4 is 34.5 Å². The molecule has 1 heterocycles. The molecule has 5 heteroatoms. The van der Waals surface area contributed by atoms with Crippen LogP contribution in [0.2, 0.25) is 5.02 Å². The Morgan fingerprint density at radius 3 is 2.57 bits per heavy atom. The number of benzene rings is 1. The van der Waals surface area contributed by atoms with Gasteiger partial charge in [-0.3, -0.25) is 4.79 Å². The van der Waals surface area contributed by atoms with Crippen LogP contribution in [0.25, 0.3) is 0 Å². The molecular weight excluding hydrogens is 304 g/mol. The topological polar surface area (TPSA) is 32.3 Å². The largest absolute Gasteiger partial charge is 0.378 e. The van der Waals surface area contributed by atoms with Gasteiger partial charge in [0.25, 0.3) is 5.91 Å². The molecule has 3 nitrogen and oxygen atoms in total. The molecule has 1 amide bonds. The number of carbonyl (C=O) groups excluding carboxylic acids is 1. The van der Waals surface area contributed by atoms with Crippen LogP contribution in [-0.4, -0.2) is 24.9 Å². The summed E-state index contributed by atoms with van der Waals surface area (Å²) in [6.07, 6.45) is 0. The normalized spacial score (nSPS) is 12.0. The number of rotatable bonds is 4. The van der Waals surface area contributed by atoms with E-state index in [4.69, 9.17) is 11.6 Å². The second kappa shape index (κ2) is 6.50. The molecule has 0 fully saturated rings. The highest BCUT2D eigenvalue weighted by molar-refractivity contribution is 7.12. The van der Waals surface area contributed by atoms with Gasteiger partial charge < -0.3 is 10.2 Å². The average molecular weight is 323 g/mol. The minimum atomic E-state index is -0.0942. The van der Waals surface area contributed by atoms with E-state index in [2.05, 4.69) is 31.3 Å². The van der Waals surface area contributed by atoms with E-state index in [9.17, 15) is 4.79 Å². The second-order valence-electron chi connectivity index (χ2n) is 5.21. The second-order valence-corrected chi connectivity index (χ2v) is 6.94. The van der Waals surface area contributed by atoms with Crippen LogP contribution >= 0.6 is 22.9 Å². The maximum Gasteiger partial charge on any atom is 0.254 e. The van der Waals surface area contributed by atoms with Crippen LogP contribution in [0.1, 0.15) is 33.1 Å². The first-order valence-corrected chi connectivity index (χ1v) is 7.92. The van der Waals surface area contributed by atoms with Crippen molar-refractivity contribution < 1.29 is 4.79 Å². The first kappa shape index (κ1) is 15.9. The van der Waals surface area contributed by atoms with Crippen LogP contribution in [0.4, 0.5) is 5.69 Å². The summed E-state index contributed by atoms with van der Waals surface area (Å²) in [5.41, 5.74) is 1.41. The van der Waals surface area contributed by atoms with Crippen LogP contribution in [0.5, 0.6) is 0 Å². The van der Waals surface area contributed by atoms with E-state index in [0.717, 1.165) is 5.69 Å². The Labute approximate surface area is 134 Å². The number of carbonyl (C=O) groups is 1. The van der Waals surface area contributed by atoms with Crippen molar-refractivity contribution in [2.24, 2.45) is 0 Å². The number of aryl methyl sites for hydroxylation is 1. The molecule has 1 unspecified atom stereocenters. The summed E-state index contributed by atoms with van der Waals surface area (Å²) in [5, 5.41) is 3.89. The fourth-order valence-electron chi connectivity index (χ4n) is 2.03. The Hall–Kier alpha value is -1.52. The zero-order chi connectivity index (χ0) is 15.6. The molecule has 0 bridgehead atoms. The standard InChI is InChI=1S/C16H19ClN2OS/c1-10-5-8-15(21-10)11(2)18-12-6-7-14(17)13(9-12)16(20)19(3)4/h5-9,11,18H,1-4H3. The fourth-order valence-corrected chi connectivity index (χ4v) is 3.11. The summed E-state index contributed by atoms with van der Waals surface area (Å²) in [6, 6.07) is 9.88. The highest BCUT2D eigenvalue weighted by Gasteiger charge is 2.14. The monoisotopic (exact) mass is 322 g/mol. The lowest BCUT2D eigenvalue weighted by molar-refractivity contribution is 0.0828. The van der Waals surface area contributed by atoms with Crippen molar-refractivity contribution in [3.63, 3.8) is 0 Å². The van der Waals surface area contributed by atoms with E-state index in [-0.39, 0.29) is 11.9 Å². The molecule has 0 radical (unpaired) electrons. The third-order valence-electron chi connectivity index (χ3n) is 3.17. The Morgan fingerprint density at radius 1 is 1.29 bits per heavy atom. The van der Waals surface area contributed by atoms with Crippen LogP contribution in [0, 0.1) is 6.92 Å². The number of thiophene rings is 1. The quantitative estimate of drug-likeness (QED) is 0.893. The predicted octanol–water partition coefficient (Wildman–Crippen LogP) is 4.58. The summed E-state index contributed by atoms with van der Waals surface area (Å²) >= 11 is 7.89. The van der Waals surface area contributed by atoms with E-state index in [1.165, 1.54) is 14.7 Å². The smallest absolute Gasteiger partial charge is 0.254 e.